The van der Waals surface area contributed by atoms with Crippen LogP contribution in [0.4, 0.5) is 10.1 Å². The van der Waals surface area contributed by atoms with Crippen LogP contribution in [0.3, 0.4) is 0 Å². The topological polar surface area (TPSA) is 93.7 Å². The van der Waals surface area contributed by atoms with Gasteiger partial charge in [-0.15, -0.1) is 0 Å². The van der Waals surface area contributed by atoms with E-state index in [2.05, 4.69) is 5.10 Å². The first kappa shape index (κ1) is 17.8. The van der Waals surface area contributed by atoms with Gasteiger partial charge in [0.25, 0.3) is 0 Å². The fourth-order valence-electron chi connectivity index (χ4n) is 2.36. The largest absolute Gasteiger partial charge is 0.494 e. The maximum Gasteiger partial charge on any atom is 0.306 e. The molecule has 0 aliphatic heterocycles. The number of nitro groups is 1. The van der Waals surface area contributed by atoms with Crippen LogP contribution < -0.4 is 4.74 Å². The number of nitrogens with zero attached hydrogens (tertiary/aromatic N) is 4. The second kappa shape index (κ2) is 7.84. The van der Waals surface area contributed by atoms with Crippen LogP contribution >= 0.6 is 0 Å². The molecule has 0 radical (unpaired) electrons. The zero-order valence-corrected chi connectivity index (χ0v) is 13.4. The number of hydrogen-bond donors (Lipinski definition) is 1. The van der Waals surface area contributed by atoms with E-state index >= 15 is 0 Å². The van der Waals surface area contributed by atoms with Crippen LogP contribution in [0.5, 0.6) is 5.75 Å². The molecule has 1 atom stereocenters. The predicted molar refractivity (Wildman–Crippen MR) is 84.2 cm³/mol. The van der Waals surface area contributed by atoms with Crippen molar-refractivity contribution in [2.45, 2.75) is 19.2 Å². The lowest BCUT2D eigenvalue weighted by Gasteiger charge is -2.20. The lowest BCUT2D eigenvalue weighted by molar-refractivity contribution is -0.385. The number of likely N-dealkylation sites (N-methyl/N-ethyl adjacent to an activating group) is 1. The normalized spacial score (nSPS) is 12.4. The van der Waals surface area contributed by atoms with Gasteiger partial charge in [-0.3, -0.25) is 19.7 Å². The number of halogens is 1. The Labute approximate surface area is 138 Å². The van der Waals surface area contributed by atoms with Crippen LogP contribution in [0.25, 0.3) is 0 Å². The highest BCUT2D eigenvalue weighted by Crippen LogP contribution is 2.18. The molecule has 1 aromatic heterocycles. The van der Waals surface area contributed by atoms with Crippen molar-refractivity contribution in [3.8, 4) is 5.75 Å². The van der Waals surface area contributed by atoms with Crippen molar-refractivity contribution in [3.05, 3.63) is 52.1 Å². The van der Waals surface area contributed by atoms with Gasteiger partial charge in [0.15, 0.2) is 11.6 Å². The Morgan fingerprint density at radius 2 is 2.29 bits per heavy atom. The summed E-state index contributed by atoms with van der Waals surface area (Å²) in [4.78, 5) is 11.9. The Kier molecular flexibility index (Phi) is 5.83. The lowest BCUT2D eigenvalue weighted by atomic mass is 10.2. The maximum absolute atomic E-state index is 13.7. The third kappa shape index (κ3) is 4.74. The number of rotatable bonds is 8. The molecule has 0 fully saturated rings. The maximum atomic E-state index is 13.7. The summed E-state index contributed by atoms with van der Waals surface area (Å²) in [6.45, 7) is 0.883. The molecular formula is C15H19FN4O4. The predicted octanol–water partition coefficient (Wildman–Crippen LogP) is 1.43. The van der Waals surface area contributed by atoms with Gasteiger partial charge in [0, 0.05) is 13.1 Å². The summed E-state index contributed by atoms with van der Waals surface area (Å²) in [5.74, 6) is -0.255. The number of ether oxygens (including phenoxy) is 1. The molecule has 0 saturated heterocycles. The van der Waals surface area contributed by atoms with Crippen LogP contribution in [0, 0.1) is 15.9 Å². The minimum Gasteiger partial charge on any atom is -0.494 e. The van der Waals surface area contributed by atoms with Gasteiger partial charge in [-0.1, -0.05) is 6.07 Å². The van der Waals surface area contributed by atoms with Crippen LogP contribution in [0.2, 0.25) is 0 Å². The average Bonchev–Trinajstić information content (AvgIpc) is 2.95. The summed E-state index contributed by atoms with van der Waals surface area (Å²) in [5, 5.41) is 24.5. The standard InChI is InChI=1S/C15H19FN4O4/c1-18(7-11-3-4-15(24-2)14(16)5-11)9-13(21)10-19-8-12(6-17-19)20(22)23/h3-6,8,13,21H,7,9-10H2,1-2H3. The van der Waals surface area contributed by atoms with Crippen molar-refractivity contribution in [1.82, 2.24) is 14.7 Å². The third-order valence-electron chi connectivity index (χ3n) is 3.42. The lowest BCUT2D eigenvalue weighted by Crippen LogP contribution is -2.31. The van der Waals surface area contributed by atoms with E-state index < -0.39 is 16.8 Å². The summed E-state index contributed by atoms with van der Waals surface area (Å²) in [7, 11) is 3.19. The molecule has 0 aliphatic carbocycles. The molecular weight excluding hydrogens is 319 g/mol. The van der Waals surface area contributed by atoms with Crippen molar-refractivity contribution in [3.63, 3.8) is 0 Å². The number of aromatic nitrogens is 2. The van der Waals surface area contributed by atoms with Gasteiger partial charge in [0.05, 0.1) is 24.7 Å². The number of hydrogen-bond acceptors (Lipinski definition) is 6. The molecule has 2 aromatic rings. The molecule has 2 rings (SSSR count). The highest BCUT2D eigenvalue weighted by atomic mass is 19.1. The molecule has 1 N–H and O–H groups in total. The Hall–Kier alpha value is -2.52. The summed E-state index contributed by atoms with van der Waals surface area (Å²) in [6, 6.07) is 4.69. The first-order valence-corrected chi connectivity index (χ1v) is 7.25. The Morgan fingerprint density at radius 1 is 1.54 bits per heavy atom. The van der Waals surface area contributed by atoms with Crippen LogP contribution in [-0.4, -0.2) is 51.5 Å². The van der Waals surface area contributed by atoms with E-state index in [1.807, 2.05) is 4.90 Å². The van der Waals surface area contributed by atoms with Crippen molar-refractivity contribution in [1.29, 1.82) is 0 Å². The van der Waals surface area contributed by atoms with Crippen molar-refractivity contribution in [2.75, 3.05) is 20.7 Å². The van der Waals surface area contributed by atoms with Gasteiger partial charge in [0.1, 0.15) is 12.4 Å². The van der Waals surface area contributed by atoms with Gasteiger partial charge in [0.2, 0.25) is 0 Å². The molecule has 0 amide bonds. The van der Waals surface area contributed by atoms with Gasteiger partial charge in [-0.2, -0.15) is 5.10 Å². The zero-order valence-electron chi connectivity index (χ0n) is 13.4. The number of methoxy groups -OCH3 is 1. The van der Waals surface area contributed by atoms with E-state index in [0.717, 1.165) is 11.8 Å². The fraction of sp³-hybridized carbons (Fsp3) is 0.400. The van der Waals surface area contributed by atoms with Crippen molar-refractivity contribution < 1.29 is 19.2 Å². The molecule has 1 aromatic carbocycles. The molecule has 8 nitrogen and oxygen atoms in total. The van der Waals surface area contributed by atoms with E-state index in [4.69, 9.17) is 4.74 Å². The minimum absolute atomic E-state index is 0.121. The van der Waals surface area contributed by atoms with E-state index in [0.29, 0.717) is 13.1 Å². The van der Waals surface area contributed by atoms with E-state index in [-0.39, 0.29) is 18.0 Å². The first-order chi connectivity index (χ1) is 11.4. The van der Waals surface area contributed by atoms with Gasteiger partial charge in [-0.05, 0) is 24.7 Å². The van der Waals surface area contributed by atoms with E-state index in [1.54, 1.807) is 19.2 Å². The molecule has 0 saturated carbocycles. The van der Waals surface area contributed by atoms with Gasteiger partial charge in [-0.25, -0.2) is 4.39 Å². The smallest absolute Gasteiger partial charge is 0.306 e. The van der Waals surface area contributed by atoms with Crippen LogP contribution in [0.1, 0.15) is 5.56 Å². The monoisotopic (exact) mass is 338 g/mol. The molecule has 130 valence electrons. The Morgan fingerprint density at radius 3 is 2.88 bits per heavy atom. The number of aliphatic hydroxyl groups excluding tert-OH is 1. The average molecular weight is 338 g/mol. The summed E-state index contributed by atoms with van der Waals surface area (Å²) in [5.41, 5.74) is 0.627. The van der Waals surface area contributed by atoms with Crippen molar-refractivity contribution >= 4 is 5.69 Å². The van der Waals surface area contributed by atoms with Crippen LogP contribution in [-0.2, 0) is 13.1 Å². The Balaban J connectivity index is 1.87. The first-order valence-electron chi connectivity index (χ1n) is 7.25. The second-order valence-corrected chi connectivity index (χ2v) is 5.50. The third-order valence-corrected chi connectivity index (χ3v) is 3.42. The van der Waals surface area contributed by atoms with E-state index in [1.165, 1.54) is 24.1 Å². The number of aliphatic hydroxyl groups is 1. The minimum atomic E-state index is -0.766. The SMILES string of the molecule is COc1ccc(CN(C)CC(O)Cn2cc([N+](=O)[O-])cn2)cc1F. The molecule has 0 bridgehead atoms. The second-order valence-electron chi connectivity index (χ2n) is 5.50. The highest BCUT2D eigenvalue weighted by Gasteiger charge is 2.14. The zero-order chi connectivity index (χ0) is 17.7. The van der Waals surface area contributed by atoms with E-state index in [9.17, 15) is 19.6 Å². The molecule has 9 heteroatoms. The van der Waals surface area contributed by atoms with Crippen LogP contribution in [0.15, 0.2) is 30.6 Å². The van der Waals surface area contributed by atoms with Crippen molar-refractivity contribution in [2.24, 2.45) is 0 Å². The van der Waals surface area contributed by atoms with Gasteiger partial charge < -0.3 is 9.84 Å². The molecule has 1 unspecified atom stereocenters. The summed E-state index contributed by atoms with van der Waals surface area (Å²) in [6.07, 6.45) is 1.64. The van der Waals surface area contributed by atoms with Gasteiger partial charge >= 0.3 is 5.69 Å². The quantitative estimate of drug-likeness (QED) is 0.578. The molecule has 0 aliphatic rings. The highest BCUT2D eigenvalue weighted by molar-refractivity contribution is 5.29. The number of benzene rings is 1. The Bertz CT molecular complexity index is 707. The fourth-order valence-corrected chi connectivity index (χ4v) is 2.36. The molecule has 24 heavy (non-hydrogen) atoms. The molecule has 1 heterocycles. The molecule has 0 spiro atoms. The summed E-state index contributed by atoms with van der Waals surface area (Å²) >= 11 is 0. The summed E-state index contributed by atoms with van der Waals surface area (Å²) < 4.78 is 19.9.